The molecule has 1 aromatic heterocycles. The van der Waals surface area contributed by atoms with Gasteiger partial charge in [0.05, 0.1) is 6.61 Å². The van der Waals surface area contributed by atoms with Crippen LogP contribution in [0.5, 0.6) is 11.5 Å². The van der Waals surface area contributed by atoms with E-state index in [9.17, 15) is 4.79 Å². The van der Waals surface area contributed by atoms with Gasteiger partial charge in [0, 0.05) is 6.20 Å². The van der Waals surface area contributed by atoms with Crippen molar-refractivity contribution in [1.82, 2.24) is 4.98 Å². The fraction of sp³-hybridized carbons (Fsp3) is 0.200. The fourth-order valence-electron chi connectivity index (χ4n) is 1.59. The largest absolute Gasteiger partial charge is 0.490 e. The molecular formula is C15H16N2O3. The molecule has 0 bridgehead atoms. The molecule has 0 saturated heterocycles. The van der Waals surface area contributed by atoms with Gasteiger partial charge in [0.1, 0.15) is 5.75 Å². The number of pyridine rings is 1. The molecule has 0 unspecified atom stereocenters. The molecule has 0 fully saturated rings. The van der Waals surface area contributed by atoms with Crippen LogP contribution >= 0.6 is 0 Å². The van der Waals surface area contributed by atoms with E-state index in [0.717, 1.165) is 0 Å². The maximum Gasteiger partial charge on any atom is 0.263 e. The molecular weight excluding hydrogens is 256 g/mol. The predicted molar refractivity (Wildman–Crippen MR) is 76.0 cm³/mol. The summed E-state index contributed by atoms with van der Waals surface area (Å²) >= 11 is 0. The molecule has 5 heteroatoms. The van der Waals surface area contributed by atoms with E-state index in [4.69, 9.17) is 9.47 Å². The molecule has 2 rings (SSSR count). The maximum atomic E-state index is 11.8. The first kappa shape index (κ1) is 13.9. The number of hydrogen-bond acceptors (Lipinski definition) is 4. The maximum absolute atomic E-state index is 11.8. The van der Waals surface area contributed by atoms with Gasteiger partial charge in [-0.05, 0) is 31.2 Å². The molecule has 20 heavy (non-hydrogen) atoms. The zero-order valence-corrected chi connectivity index (χ0v) is 11.2. The molecule has 1 heterocycles. The smallest absolute Gasteiger partial charge is 0.263 e. The number of rotatable bonds is 6. The van der Waals surface area contributed by atoms with Crippen LogP contribution in [-0.2, 0) is 4.79 Å². The fourth-order valence-corrected chi connectivity index (χ4v) is 1.59. The summed E-state index contributed by atoms with van der Waals surface area (Å²) in [4.78, 5) is 15.9. The topological polar surface area (TPSA) is 60.5 Å². The highest BCUT2D eigenvalue weighted by Crippen LogP contribution is 2.20. The zero-order chi connectivity index (χ0) is 14.2. The minimum absolute atomic E-state index is 0.0772. The Hall–Kier alpha value is -2.56. The van der Waals surface area contributed by atoms with Crippen molar-refractivity contribution in [1.29, 1.82) is 0 Å². The van der Waals surface area contributed by atoms with E-state index >= 15 is 0 Å². The van der Waals surface area contributed by atoms with Crippen molar-refractivity contribution in [3.05, 3.63) is 48.7 Å². The monoisotopic (exact) mass is 272 g/mol. The van der Waals surface area contributed by atoms with Gasteiger partial charge in [0.25, 0.3) is 5.91 Å². The van der Waals surface area contributed by atoms with E-state index in [1.165, 1.54) is 0 Å². The first-order valence-corrected chi connectivity index (χ1v) is 6.35. The van der Waals surface area contributed by atoms with E-state index in [1.54, 1.807) is 30.5 Å². The molecule has 0 saturated carbocycles. The first-order chi connectivity index (χ1) is 9.79. The Morgan fingerprint density at radius 3 is 2.70 bits per heavy atom. The number of nitrogens with zero attached hydrogens (tertiary/aromatic N) is 1. The molecule has 1 aromatic carbocycles. The summed E-state index contributed by atoms with van der Waals surface area (Å²) in [6, 6.07) is 12.7. The molecule has 0 aliphatic rings. The predicted octanol–water partition coefficient (Wildman–Crippen LogP) is 2.50. The molecule has 1 N–H and O–H groups in total. The third-order valence-electron chi connectivity index (χ3n) is 2.44. The highest BCUT2D eigenvalue weighted by Gasteiger charge is 2.09. The van der Waals surface area contributed by atoms with Gasteiger partial charge in [0.15, 0.2) is 18.2 Å². The lowest BCUT2D eigenvalue weighted by Crippen LogP contribution is -2.21. The molecule has 5 nitrogen and oxygen atoms in total. The van der Waals surface area contributed by atoms with Crippen LogP contribution in [0, 0.1) is 0 Å². The van der Waals surface area contributed by atoms with Gasteiger partial charge in [0.2, 0.25) is 0 Å². The average molecular weight is 272 g/mol. The number of anilines is 1. The number of ether oxygens (including phenoxy) is 2. The Bertz CT molecular complexity index is 558. The standard InChI is InChI=1S/C15H16N2O3/c1-2-19-13-9-6-10-16-15(13)17-14(18)11-20-12-7-4-3-5-8-12/h3-10H,2,11H2,1H3,(H,16,17,18). The minimum Gasteiger partial charge on any atom is -0.490 e. The second-order valence-electron chi connectivity index (χ2n) is 3.93. The molecule has 0 spiro atoms. The van der Waals surface area contributed by atoms with E-state index < -0.39 is 0 Å². The summed E-state index contributed by atoms with van der Waals surface area (Å²) in [6.45, 7) is 2.30. The van der Waals surface area contributed by atoms with Gasteiger partial charge < -0.3 is 14.8 Å². The molecule has 0 atom stereocenters. The Morgan fingerprint density at radius 2 is 1.95 bits per heavy atom. The second kappa shape index (κ2) is 7.13. The first-order valence-electron chi connectivity index (χ1n) is 6.35. The van der Waals surface area contributed by atoms with Crippen molar-refractivity contribution < 1.29 is 14.3 Å². The van der Waals surface area contributed by atoms with Crippen molar-refractivity contribution in [2.75, 3.05) is 18.5 Å². The van der Waals surface area contributed by atoms with E-state index in [2.05, 4.69) is 10.3 Å². The number of nitrogens with one attached hydrogen (secondary N) is 1. The summed E-state index contributed by atoms with van der Waals surface area (Å²) in [7, 11) is 0. The third-order valence-corrected chi connectivity index (χ3v) is 2.44. The van der Waals surface area contributed by atoms with Crippen LogP contribution in [0.25, 0.3) is 0 Å². The van der Waals surface area contributed by atoms with Crippen LogP contribution in [0.15, 0.2) is 48.7 Å². The Morgan fingerprint density at radius 1 is 1.15 bits per heavy atom. The SMILES string of the molecule is CCOc1cccnc1NC(=O)COc1ccccc1. The molecule has 0 radical (unpaired) electrons. The summed E-state index contributed by atoms with van der Waals surface area (Å²) in [6.07, 6.45) is 1.59. The average Bonchev–Trinajstić information content (AvgIpc) is 2.49. The normalized spacial score (nSPS) is 9.85. The molecule has 2 aromatic rings. The number of aromatic nitrogens is 1. The van der Waals surface area contributed by atoms with Crippen molar-refractivity contribution in [2.45, 2.75) is 6.92 Å². The Labute approximate surface area is 117 Å². The molecule has 1 amide bonds. The number of carbonyl (C=O) groups is 1. The number of para-hydroxylation sites is 1. The second-order valence-corrected chi connectivity index (χ2v) is 3.93. The van der Waals surface area contributed by atoms with Crippen LogP contribution in [0.3, 0.4) is 0 Å². The van der Waals surface area contributed by atoms with E-state index in [-0.39, 0.29) is 12.5 Å². The van der Waals surface area contributed by atoms with Crippen molar-refractivity contribution in [3.63, 3.8) is 0 Å². The van der Waals surface area contributed by atoms with Crippen LogP contribution < -0.4 is 14.8 Å². The highest BCUT2D eigenvalue weighted by atomic mass is 16.5. The van der Waals surface area contributed by atoms with Crippen LogP contribution in [0.4, 0.5) is 5.82 Å². The third kappa shape index (κ3) is 3.98. The quantitative estimate of drug-likeness (QED) is 0.877. The molecule has 0 aliphatic carbocycles. The van der Waals surface area contributed by atoms with Crippen molar-refractivity contribution in [2.24, 2.45) is 0 Å². The van der Waals surface area contributed by atoms with Gasteiger partial charge >= 0.3 is 0 Å². The molecule has 0 aliphatic heterocycles. The number of amides is 1. The van der Waals surface area contributed by atoms with Gasteiger partial charge in [-0.2, -0.15) is 0 Å². The van der Waals surface area contributed by atoms with Crippen LogP contribution in [0.2, 0.25) is 0 Å². The molecule has 104 valence electrons. The summed E-state index contributed by atoms with van der Waals surface area (Å²) in [5, 5.41) is 2.67. The summed E-state index contributed by atoms with van der Waals surface area (Å²) in [5.74, 6) is 1.31. The highest BCUT2D eigenvalue weighted by molar-refractivity contribution is 5.92. The zero-order valence-electron chi connectivity index (χ0n) is 11.2. The van der Waals surface area contributed by atoms with E-state index in [1.807, 2.05) is 25.1 Å². The van der Waals surface area contributed by atoms with Crippen LogP contribution in [-0.4, -0.2) is 24.1 Å². The summed E-state index contributed by atoms with van der Waals surface area (Å²) in [5.41, 5.74) is 0. The van der Waals surface area contributed by atoms with Crippen molar-refractivity contribution >= 4 is 11.7 Å². The Kier molecular flexibility index (Phi) is 4.94. The van der Waals surface area contributed by atoms with Gasteiger partial charge in [-0.15, -0.1) is 0 Å². The number of hydrogen-bond donors (Lipinski definition) is 1. The van der Waals surface area contributed by atoms with Crippen LogP contribution in [0.1, 0.15) is 6.92 Å². The number of benzene rings is 1. The van der Waals surface area contributed by atoms with Crippen molar-refractivity contribution in [3.8, 4) is 11.5 Å². The number of carbonyl (C=O) groups excluding carboxylic acids is 1. The Balaban J connectivity index is 1.91. The lowest BCUT2D eigenvalue weighted by molar-refractivity contribution is -0.118. The van der Waals surface area contributed by atoms with Gasteiger partial charge in [-0.3, -0.25) is 4.79 Å². The van der Waals surface area contributed by atoms with Gasteiger partial charge in [-0.25, -0.2) is 4.98 Å². The lowest BCUT2D eigenvalue weighted by Gasteiger charge is -2.10. The minimum atomic E-state index is -0.284. The lowest BCUT2D eigenvalue weighted by atomic mass is 10.3. The summed E-state index contributed by atoms with van der Waals surface area (Å²) < 4.78 is 10.7. The van der Waals surface area contributed by atoms with E-state index in [0.29, 0.717) is 23.9 Å². The van der Waals surface area contributed by atoms with Gasteiger partial charge in [-0.1, -0.05) is 18.2 Å².